The van der Waals surface area contributed by atoms with Crippen LogP contribution in [0.25, 0.3) is 0 Å². The smallest absolute Gasteiger partial charge is 0.309 e. The lowest BCUT2D eigenvalue weighted by Gasteiger charge is -2.38. The zero-order valence-corrected chi connectivity index (χ0v) is 12.3. The van der Waals surface area contributed by atoms with E-state index in [0.29, 0.717) is 19.3 Å². The van der Waals surface area contributed by atoms with Gasteiger partial charge in [-0.15, -0.1) is 0 Å². The molecule has 4 nitrogen and oxygen atoms in total. The van der Waals surface area contributed by atoms with Crippen LogP contribution in [0.3, 0.4) is 0 Å². The number of hydrogen-bond acceptors (Lipinski definition) is 3. The maximum atomic E-state index is 11.6. The van der Waals surface area contributed by atoms with Gasteiger partial charge in [-0.2, -0.15) is 0 Å². The Kier molecular flexibility index (Phi) is 4.81. The number of carbonyl (C=O) groups is 1. The van der Waals surface area contributed by atoms with E-state index in [1.54, 1.807) is 6.92 Å². The quantitative estimate of drug-likeness (QED) is 0.837. The third-order valence-corrected chi connectivity index (χ3v) is 6.03. The van der Waals surface area contributed by atoms with E-state index in [1.807, 2.05) is 6.92 Å². The summed E-state index contributed by atoms with van der Waals surface area (Å²) in [6.07, 6.45) is 5.51. The van der Waals surface area contributed by atoms with Crippen molar-refractivity contribution in [2.45, 2.75) is 57.6 Å². The second-order valence-electron chi connectivity index (χ2n) is 5.79. The maximum Gasteiger partial charge on any atom is 0.309 e. The molecular weight excluding hydrogens is 252 g/mol. The van der Waals surface area contributed by atoms with Gasteiger partial charge in [0.05, 0.1) is 10.7 Å². The van der Waals surface area contributed by atoms with Gasteiger partial charge in [-0.3, -0.25) is 4.79 Å². The Morgan fingerprint density at radius 2 is 2.00 bits per heavy atom. The highest BCUT2D eigenvalue weighted by molar-refractivity contribution is 7.91. The Bertz CT molecular complexity index is 401. The number of hydrogen-bond donors (Lipinski definition) is 1. The minimum absolute atomic E-state index is 0.0246. The first-order valence-electron chi connectivity index (χ1n) is 6.64. The molecule has 0 amide bonds. The van der Waals surface area contributed by atoms with E-state index in [0.717, 1.165) is 19.3 Å². The largest absolute Gasteiger partial charge is 0.481 e. The van der Waals surface area contributed by atoms with E-state index in [2.05, 4.69) is 0 Å². The molecule has 0 saturated heterocycles. The predicted molar refractivity (Wildman–Crippen MR) is 71.2 cm³/mol. The molecule has 1 saturated carbocycles. The Labute approximate surface area is 110 Å². The second kappa shape index (κ2) is 5.59. The topological polar surface area (TPSA) is 71.4 Å². The van der Waals surface area contributed by atoms with Crippen LogP contribution >= 0.6 is 0 Å². The third-order valence-electron chi connectivity index (χ3n) is 4.39. The number of sulfone groups is 1. The zero-order valence-electron chi connectivity index (χ0n) is 11.5. The van der Waals surface area contributed by atoms with E-state index < -0.39 is 21.2 Å². The van der Waals surface area contributed by atoms with Crippen LogP contribution in [0.4, 0.5) is 0 Å². The molecule has 0 heterocycles. The number of aliphatic carboxylic acids is 1. The fourth-order valence-electron chi connectivity index (χ4n) is 3.12. The van der Waals surface area contributed by atoms with Crippen molar-refractivity contribution in [3.8, 4) is 0 Å². The third kappa shape index (κ3) is 3.25. The van der Waals surface area contributed by atoms with Crippen molar-refractivity contribution >= 4 is 15.8 Å². The molecule has 0 aromatic heterocycles. The van der Waals surface area contributed by atoms with Crippen LogP contribution in [0, 0.1) is 11.3 Å². The molecule has 3 unspecified atom stereocenters. The van der Waals surface area contributed by atoms with Crippen molar-refractivity contribution in [3.63, 3.8) is 0 Å². The number of carboxylic acids is 1. The molecule has 0 aromatic carbocycles. The van der Waals surface area contributed by atoms with Crippen molar-refractivity contribution in [1.82, 2.24) is 0 Å². The van der Waals surface area contributed by atoms with Crippen LogP contribution in [-0.4, -0.2) is 31.0 Å². The van der Waals surface area contributed by atoms with E-state index in [1.165, 1.54) is 6.26 Å². The van der Waals surface area contributed by atoms with Crippen molar-refractivity contribution in [3.05, 3.63) is 0 Å². The van der Waals surface area contributed by atoms with Gasteiger partial charge in [0.2, 0.25) is 0 Å². The van der Waals surface area contributed by atoms with Crippen LogP contribution in [0.5, 0.6) is 0 Å². The van der Waals surface area contributed by atoms with Crippen molar-refractivity contribution < 1.29 is 18.3 Å². The minimum Gasteiger partial charge on any atom is -0.481 e. The summed E-state index contributed by atoms with van der Waals surface area (Å²) in [5, 5.41) is 9.10. The molecule has 1 N–H and O–H groups in total. The van der Waals surface area contributed by atoms with Gasteiger partial charge in [0, 0.05) is 6.26 Å². The van der Waals surface area contributed by atoms with E-state index in [-0.39, 0.29) is 11.2 Å². The Hall–Kier alpha value is -0.580. The first-order valence-corrected chi connectivity index (χ1v) is 8.59. The molecule has 1 aliphatic rings. The molecule has 1 rings (SSSR count). The molecule has 0 aromatic rings. The Morgan fingerprint density at radius 1 is 1.39 bits per heavy atom. The summed E-state index contributed by atoms with van der Waals surface area (Å²) in [7, 11) is -3.05. The van der Waals surface area contributed by atoms with Gasteiger partial charge in [-0.25, -0.2) is 8.42 Å². The van der Waals surface area contributed by atoms with Gasteiger partial charge in [-0.1, -0.05) is 19.8 Å². The molecule has 1 aliphatic carbocycles. The lowest BCUT2D eigenvalue weighted by Crippen LogP contribution is -2.41. The molecule has 0 radical (unpaired) electrons. The fourth-order valence-corrected chi connectivity index (χ4v) is 4.29. The summed E-state index contributed by atoms with van der Waals surface area (Å²) in [5.74, 6) is -0.813. The van der Waals surface area contributed by atoms with Crippen LogP contribution in [-0.2, 0) is 14.6 Å². The monoisotopic (exact) mass is 276 g/mol. The number of carboxylic acid groups (broad SMARTS) is 1. The van der Waals surface area contributed by atoms with Gasteiger partial charge >= 0.3 is 5.97 Å². The zero-order chi connectivity index (χ0) is 14.0. The fraction of sp³-hybridized carbons (Fsp3) is 0.923. The molecule has 18 heavy (non-hydrogen) atoms. The molecular formula is C13H24O4S. The van der Waals surface area contributed by atoms with Gasteiger partial charge in [0.1, 0.15) is 9.84 Å². The predicted octanol–water partition coefficient (Wildman–Crippen LogP) is 2.48. The lowest BCUT2D eigenvalue weighted by atomic mass is 9.67. The van der Waals surface area contributed by atoms with Crippen LogP contribution in [0.1, 0.15) is 52.4 Å². The summed E-state index contributed by atoms with van der Waals surface area (Å²) in [6, 6.07) is 0. The molecule has 0 bridgehead atoms. The average Bonchev–Trinajstić information content (AvgIpc) is 2.28. The second-order valence-corrected chi connectivity index (χ2v) is 8.11. The highest BCUT2D eigenvalue weighted by atomic mass is 32.2. The average molecular weight is 276 g/mol. The van der Waals surface area contributed by atoms with Crippen molar-refractivity contribution in [2.24, 2.45) is 11.3 Å². The van der Waals surface area contributed by atoms with Gasteiger partial charge in [-0.05, 0) is 38.5 Å². The SMILES string of the molecule is CCCC(C)(C(=O)O)C1CCCC(S(C)(=O)=O)C1. The minimum atomic E-state index is -3.05. The molecule has 3 atom stereocenters. The summed E-state index contributed by atoms with van der Waals surface area (Å²) in [5.41, 5.74) is -0.780. The van der Waals surface area contributed by atoms with Crippen LogP contribution in [0.15, 0.2) is 0 Å². The summed E-state index contributed by atoms with van der Waals surface area (Å²) < 4.78 is 23.3. The van der Waals surface area contributed by atoms with Crippen molar-refractivity contribution in [2.75, 3.05) is 6.26 Å². The molecule has 1 fully saturated rings. The Balaban J connectivity index is 2.91. The van der Waals surface area contributed by atoms with Crippen LogP contribution in [0.2, 0.25) is 0 Å². The molecule has 106 valence electrons. The molecule has 0 aliphatic heterocycles. The van der Waals surface area contributed by atoms with E-state index >= 15 is 0 Å². The first kappa shape index (κ1) is 15.5. The van der Waals surface area contributed by atoms with E-state index in [4.69, 9.17) is 0 Å². The first-order chi connectivity index (χ1) is 8.21. The highest BCUT2D eigenvalue weighted by Gasteiger charge is 2.44. The summed E-state index contributed by atoms with van der Waals surface area (Å²) in [4.78, 5) is 11.5. The van der Waals surface area contributed by atoms with Gasteiger partial charge in [0.15, 0.2) is 0 Å². The lowest BCUT2D eigenvalue weighted by molar-refractivity contribution is -0.152. The van der Waals surface area contributed by atoms with E-state index in [9.17, 15) is 18.3 Å². The Morgan fingerprint density at radius 3 is 2.44 bits per heavy atom. The maximum absolute atomic E-state index is 11.6. The highest BCUT2D eigenvalue weighted by Crippen LogP contribution is 2.43. The molecule has 0 spiro atoms. The van der Waals surface area contributed by atoms with Crippen LogP contribution < -0.4 is 0 Å². The van der Waals surface area contributed by atoms with Crippen molar-refractivity contribution in [1.29, 1.82) is 0 Å². The van der Waals surface area contributed by atoms with Gasteiger partial charge < -0.3 is 5.11 Å². The molecule has 5 heteroatoms. The summed E-state index contributed by atoms with van der Waals surface area (Å²) in [6.45, 7) is 3.74. The summed E-state index contributed by atoms with van der Waals surface area (Å²) >= 11 is 0. The number of rotatable bonds is 5. The van der Waals surface area contributed by atoms with Gasteiger partial charge in [0.25, 0.3) is 0 Å². The standard InChI is InChI=1S/C13H24O4S/c1-4-8-13(2,12(14)15)10-6-5-7-11(9-10)18(3,16)17/h10-11H,4-9H2,1-3H3,(H,14,15). The normalized spacial score (nSPS) is 28.6.